The molecule has 21 heavy (non-hydrogen) atoms. The Hall–Kier alpha value is -1.90. The first-order chi connectivity index (χ1) is 10.4. The SMILES string of the molecule is CNC1COCC1c1nn2c(-c3cccnc3)nnc2s1. The predicted molar refractivity (Wildman–Crippen MR) is 78.3 cm³/mol. The Labute approximate surface area is 125 Å². The lowest BCUT2D eigenvalue weighted by Crippen LogP contribution is -2.31. The number of fused-ring (bicyclic) bond motifs is 1. The highest BCUT2D eigenvalue weighted by Crippen LogP contribution is 2.30. The van der Waals surface area contributed by atoms with Crippen LogP contribution in [-0.4, -0.2) is 51.1 Å². The van der Waals surface area contributed by atoms with E-state index in [1.54, 1.807) is 28.2 Å². The van der Waals surface area contributed by atoms with Crippen LogP contribution in [0.5, 0.6) is 0 Å². The number of likely N-dealkylation sites (N-methyl/N-ethyl adjacent to an activating group) is 1. The molecule has 0 saturated carbocycles. The highest BCUT2D eigenvalue weighted by atomic mass is 32.1. The molecule has 0 amide bonds. The first-order valence-corrected chi connectivity index (χ1v) is 7.56. The van der Waals surface area contributed by atoms with Crippen LogP contribution in [0.3, 0.4) is 0 Å². The summed E-state index contributed by atoms with van der Waals surface area (Å²) in [6.45, 7) is 1.41. The molecular formula is C13H14N6OS. The van der Waals surface area contributed by atoms with Crippen molar-refractivity contribution in [3.8, 4) is 11.4 Å². The first kappa shape index (κ1) is 12.8. The number of aromatic nitrogens is 5. The van der Waals surface area contributed by atoms with Crippen molar-refractivity contribution in [1.29, 1.82) is 0 Å². The summed E-state index contributed by atoms with van der Waals surface area (Å²) in [6, 6.07) is 4.14. The molecule has 1 aliphatic heterocycles. The van der Waals surface area contributed by atoms with Crippen LogP contribution in [0.1, 0.15) is 10.9 Å². The fourth-order valence-electron chi connectivity index (χ4n) is 2.54. The van der Waals surface area contributed by atoms with E-state index in [4.69, 9.17) is 9.84 Å². The van der Waals surface area contributed by atoms with Gasteiger partial charge in [-0.1, -0.05) is 11.3 Å². The van der Waals surface area contributed by atoms with Gasteiger partial charge >= 0.3 is 0 Å². The molecule has 0 spiro atoms. The van der Waals surface area contributed by atoms with Crippen molar-refractivity contribution in [1.82, 2.24) is 30.1 Å². The Morgan fingerprint density at radius 1 is 1.38 bits per heavy atom. The Morgan fingerprint density at radius 3 is 3.14 bits per heavy atom. The molecule has 1 N–H and O–H groups in total. The molecule has 3 aromatic rings. The van der Waals surface area contributed by atoms with Gasteiger partial charge in [-0.25, -0.2) is 0 Å². The van der Waals surface area contributed by atoms with Crippen LogP contribution < -0.4 is 5.32 Å². The van der Waals surface area contributed by atoms with Gasteiger partial charge in [-0.05, 0) is 19.2 Å². The third-order valence-electron chi connectivity index (χ3n) is 3.69. The Balaban J connectivity index is 1.76. The molecule has 1 saturated heterocycles. The summed E-state index contributed by atoms with van der Waals surface area (Å²) < 4.78 is 7.35. The number of nitrogens with zero attached hydrogens (tertiary/aromatic N) is 5. The quantitative estimate of drug-likeness (QED) is 0.776. The van der Waals surface area contributed by atoms with E-state index in [1.807, 2.05) is 19.2 Å². The lowest BCUT2D eigenvalue weighted by molar-refractivity contribution is 0.188. The second kappa shape index (κ2) is 5.14. The summed E-state index contributed by atoms with van der Waals surface area (Å²) in [5.74, 6) is 0.990. The summed E-state index contributed by atoms with van der Waals surface area (Å²) in [4.78, 5) is 4.92. The van der Waals surface area contributed by atoms with Crippen LogP contribution in [0.4, 0.5) is 0 Å². The van der Waals surface area contributed by atoms with Gasteiger partial charge in [-0.2, -0.15) is 9.61 Å². The van der Waals surface area contributed by atoms with Crippen molar-refractivity contribution >= 4 is 16.3 Å². The lowest BCUT2D eigenvalue weighted by atomic mass is 10.1. The van der Waals surface area contributed by atoms with Crippen LogP contribution in [0.15, 0.2) is 24.5 Å². The van der Waals surface area contributed by atoms with Crippen molar-refractivity contribution in [3.63, 3.8) is 0 Å². The number of rotatable bonds is 3. The Kier molecular flexibility index (Phi) is 3.13. The second-order valence-corrected chi connectivity index (χ2v) is 5.93. The summed E-state index contributed by atoms with van der Waals surface area (Å²) in [5, 5.41) is 17.4. The molecule has 0 aliphatic carbocycles. The van der Waals surface area contributed by atoms with E-state index in [0.29, 0.717) is 12.6 Å². The molecular weight excluding hydrogens is 288 g/mol. The van der Waals surface area contributed by atoms with Crippen molar-refractivity contribution in [2.75, 3.05) is 20.3 Å². The van der Waals surface area contributed by atoms with Crippen molar-refractivity contribution in [3.05, 3.63) is 29.5 Å². The number of hydrogen-bond acceptors (Lipinski definition) is 7. The van der Waals surface area contributed by atoms with E-state index < -0.39 is 0 Å². The van der Waals surface area contributed by atoms with E-state index in [1.165, 1.54) is 0 Å². The highest BCUT2D eigenvalue weighted by Gasteiger charge is 2.32. The van der Waals surface area contributed by atoms with Gasteiger partial charge in [0.05, 0.1) is 19.1 Å². The molecule has 7 nitrogen and oxygen atoms in total. The Bertz CT molecular complexity index is 754. The standard InChI is InChI=1S/C13H14N6OS/c1-14-10-7-20-6-9(10)12-18-19-11(16-17-13(19)21-12)8-3-2-4-15-5-8/h2-5,9-10,14H,6-7H2,1H3. The minimum Gasteiger partial charge on any atom is -0.379 e. The molecule has 8 heteroatoms. The third-order valence-corrected chi connectivity index (χ3v) is 4.73. The van der Waals surface area contributed by atoms with Gasteiger partial charge in [0.1, 0.15) is 5.01 Å². The van der Waals surface area contributed by atoms with E-state index >= 15 is 0 Å². The van der Waals surface area contributed by atoms with Gasteiger partial charge in [-0.15, -0.1) is 10.2 Å². The molecule has 0 aromatic carbocycles. The van der Waals surface area contributed by atoms with Gasteiger partial charge in [0.2, 0.25) is 4.96 Å². The van der Waals surface area contributed by atoms with Crippen LogP contribution >= 0.6 is 11.3 Å². The molecule has 4 heterocycles. The fraction of sp³-hybridized carbons (Fsp3) is 0.385. The van der Waals surface area contributed by atoms with Crippen LogP contribution in [0.2, 0.25) is 0 Å². The molecule has 0 bridgehead atoms. The van der Waals surface area contributed by atoms with Crippen LogP contribution in [0, 0.1) is 0 Å². The number of nitrogens with one attached hydrogen (secondary N) is 1. The maximum Gasteiger partial charge on any atom is 0.234 e. The van der Waals surface area contributed by atoms with E-state index in [2.05, 4.69) is 20.5 Å². The van der Waals surface area contributed by atoms with E-state index in [0.717, 1.165) is 28.0 Å². The summed E-state index contributed by atoms with van der Waals surface area (Å²) in [6.07, 6.45) is 3.51. The molecule has 4 rings (SSSR count). The highest BCUT2D eigenvalue weighted by molar-refractivity contribution is 7.16. The molecule has 108 valence electrons. The number of hydrogen-bond donors (Lipinski definition) is 1. The van der Waals surface area contributed by atoms with Gasteiger partial charge in [-0.3, -0.25) is 4.98 Å². The zero-order valence-electron chi connectivity index (χ0n) is 11.4. The average molecular weight is 302 g/mol. The summed E-state index contributed by atoms with van der Waals surface area (Å²) in [7, 11) is 1.95. The second-order valence-electron chi connectivity index (χ2n) is 4.94. The first-order valence-electron chi connectivity index (χ1n) is 6.74. The Morgan fingerprint density at radius 2 is 2.33 bits per heavy atom. The monoisotopic (exact) mass is 302 g/mol. The minimum atomic E-state index is 0.267. The summed E-state index contributed by atoms with van der Waals surface area (Å²) >= 11 is 1.57. The number of pyridine rings is 1. The molecule has 2 atom stereocenters. The topological polar surface area (TPSA) is 77.2 Å². The van der Waals surface area contributed by atoms with Crippen LogP contribution in [-0.2, 0) is 4.74 Å². The zero-order chi connectivity index (χ0) is 14.2. The van der Waals surface area contributed by atoms with Gasteiger partial charge < -0.3 is 10.1 Å². The lowest BCUT2D eigenvalue weighted by Gasteiger charge is -2.12. The van der Waals surface area contributed by atoms with E-state index in [-0.39, 0.29) is 5.92 Å². The zero-order valence-corrected chi connectivity index (χ0v) is 12.2. The van der Waals surface area contributed by atoms with Gasteiger partial charge in [0.15, 0.2) is 5.82 Å². The third kappa shape index (κ3) is 2.11. The molecule has 1 fully saturated rings. The van der Waals surface area contributed by atoms with Crippen LogP contribution in [0.25, 0.3) is 16.3 Å². The van der Waals surface area contributed by atoms with Crippen molar-refractivity contribution in [2.45, 2.75) is 12.0 Å². The van der Waals surface area contributed by atoms with Crippen molar-refractivity contribution in [2.24, 2.45) is 0 Å². The van der Waals surface area contributed by atoms with Crippen molar-refractivity contribution < 1.29 is 4.74 Å². The van der Waals surface area contributed by atoms with Gasteiger partial charge in [0, 0.05) is 24.0 Å². The molecule has 1 aliphatic rings. The maximum absolute atomic E-state index is 5.55. The smallest absolute Gasteiger partial charge is 0.234 e. The maximum atomic E-state index is 5.55. The summed E-state index contributed by atoms with van der Waals surface area (Å²) in [5.41, 5.74) is 0.912. The van der Waals surface area contributed by atoms with Gasteiger partial charge in [0.25, 0.3) is 0 Å². The van der Waals surface area contributed by atoms with E-state index in [9.17, 15) is 0 Å². The molecule has 2 unspecified atom stereocenters. The largest absolute Gasteiger partial charge is 0.379 e. The normalized spacial score (nSPS) is 22.1. The fourth-order valence-corrected chi connectivity index (χ4v) is 3.53. The molecule has 3 aromatic heterocycles. The average Bonchev–Trinajstić information content (AvgIpc) is 3.22. The number of ether oxygens (including phenoxy) is 1. The molecule has 0 radical (unpaired) electrons. The minimum absolute atomic E-state index is 0.267. The predicted octanol–water partition coefficient (Wildman–Crippen LogP) is 0.950.